The van der Waals surface area contributed by atoms with Gasteiger partial charge in [-0.15, -0.1) is 12.4 Å². The van der Waals surface area contributed by atoms with Gasteiger partial charge in [0.1, 0.15) is 6.04 Å². The van der Waals surface area contributed by atoms with Crippen molar-refractivity contribution in [2.75, 3.05) is 18.6 Å². The number of halogens is 1. The summed E-state index contributed by atoms with van der Waals surface area (Å²) in [5, 5.41) is 10.8. The van der Waals surface area contributed by atoms with E-state index in [4.69, 9.17) is 10.9 Å². The van der Waals surface area contributed by atoms with Crippen LogP contribution in [0.1, 0.15) is 6.42 Å². The van der Waals surface area contributed by atoms with E-state index in [1.165, 1.54) is 5.48 Å². The zero-order valence-electron chi connectivity index (χ0n) is 8.36. The molecule has 1 unspecified atom stereocenters. The van der Waals surface area contributed by atoms with Crippen LogP contribution in [0.2, 0.25) is 0 Å². The Balaban J connectivity index is 0. The zero-order chi connectivity index (χ0) is 11.0. The topological polar surface area (TPSA) is 104 Å². The van der Waals surface area contributed by atoms with E-state index in [-0.39, 0.29) is 19.0 Å². The Kier molecular flexibility index (Phi) is 11.3. The van der Waals surface area contributed by atoms with Crippen molar-refractivity contribution in [1.29, 1.82) is 0 Å². The van der Waals surface area contributed by atoms with E-state index in [2.05, 4.69) is 5.32 Å². The molecule has 6 nitrogen and oxygen atoms in total. The minimum atomic E-state index is -0.719. The van der Waals surface area contributed by atoms with E-state index in [0.29, 0.717) is 12.2 Å². The van der Waals surface area contributed by atoms with E-state index >= 15 is 0 Å². The number of hydroxylamine groups is 1. The van der Waals surface area contributed by atoms with E-state index in [0.717, 1.165) is 0 Å². The van der Waals surface area contributed by atoms with Crippen LogP contribution in [0.25, 0.3) is 0 Å². The van der Waals surface area contributed by atoms with Crippen molar-refractivity contribution >= 4 is 36.0 Å². The van der Waals surface area contributed by atoms with Crippen LogP contribution in [-0.2, 0) is 9.59 Å². The van der Waals surface area contributed by atoms with Crippen LogP contribution in [0, 0.1) is 0 Å². The normalized spacial score (nSPS) is 11.1. The van der Waals surface area contributed by atoms with Gasteiger partial charge in [-0.25, -0.2) is 5.48 Å². The number of nitrogens with one attached hydrogen (secondary N) is 2. The maximum Gasteiger partial charge on any atom is 0.265 e. The first-order valence-corrected chi connectivity index (χ1v) is 5.47. The average Bonchev–Trinajstić information content (AvgIpc) is 2.22. The second-order valence-corrected chi connectivity index (χ2v) is 3.57. The van der Waals surface area contributed by atoms with E-state index in [1.54, 1.807) is 11.8 Å². The Hall–Kier alpha value is -0.500. The fourth-order valence-corrected chi connectivity index (χ4v) is 1.31. The molecule has 0 radical (unpaired) electrons. The summed E-state index contributed by atoms with van der Waals surface area (Å²) in [7, 11) is 0. The second-order valence-electron chi connectivity index (χ2n) is 2.58. The van der Waals surface area contributed by atoms with Gasteiger partial charge in [0.15, 0.2) is 0 Å². The van der Waals surface area contributed by atoms with E-state index in [9.17, 15) is 9.59 Å². The molecule has 90 valence electrons. The predicted octanol–water partition coefficient (Wildman–Crippen LogP) is -0.890. The van der Waals surface area contributed by atoms with Crippen molar-refractivity contribution in [2.24, 2.45) is 5.73 Å². The van der Waals surface area contributed by atoms with Gasteiger partial charge in [0, 0.05) is 0 Å². The molecule has 0 saturated heterocycles. The number of nitrogens with two attached hydrogens (primary N) is 1. The van der Waals surface area contributed by atoms with E-state index in [1.807, 2.05) is 6.26 Å². The van der Waals surface area contributed by atoms with Gasteiger partial charge in [-0.2, -0.15) is 11.8 Å². The largest absolute Gasteiger partial charge is 0.343 e. The number of hydrogen-bond donors (Lipinski definition) is 4. The van der Waals surface area contributed by atoms with Crippen LogP contribution in [0.5, 0.6) is 0 Å². The summed E-state index contributed by atoms with van der Waals surface area (Å²) in [5.74, 6) is -0.330. The van der Waals surface area contributed by atoms with Crippen LogP contribution < -0.4 is 16.5 Å². The summed E-state index contributed by atoms with van der Waals surface area (Å²) in [6, 6.07) is -0.719. The van der Waals surface area contributed by atoms with Gasteiger partial charge in [0.2, 0.25) is 5.91 Å². The second kappa shape index (κ2) is 10.0. The SMILES string of the molecule is CSCCC(NC(=O)CN)C(=O)NO.Cl. The van der Waals surface area contributed by atoms with Crippen LogP contribution in [0.15, 0.2) is 0 Å². The molecule has 0 aliphatic rings. The van der Waals surface area contributed by atoms with Crippen LogP contribution >= 0.6 is 24.2 Å². The molecular weight excluding hydrogens is 242 g/mol. The molecule has 0 aromatic heterocycles. The van der Waals surface area contributed by atoms with Gasteiger partial charge in [0.05, 0.1) is 6.54 Å². The lowest BCUT2D eigenvalue weighted by Gasteiger charge is -2.15. The van der Waals surface area contributed by atoms with Gasteiger partial charge in [-0.3, -0.25) is 14.8 Å². The number of carbonyl (C=O) groups is 2. The Morgan fingerprint density at radius 3 is 2.53 bits per heavy atom. The van der Waals surface area contributed by atoms with Crippen molar-refractivity contribution in [3.63, 3.8) is 0 Å². The van der Waals surface area contributed by atoms with Gasteiger partial charge in [-0.1, -0.05) is 0 Å². The Morgan fingerprint density at radius 1 is 1.53 bits per heavy atom. The number of carbonyl (C=O) groups excluding carboxylic acids is 2. The monoisotopic (exact) mass is 257 g/mol. The molecule has 0 heterocycles. The summed E-state index contributed by atoms with van der Waals surface area (Å²) in [4.78, 5) is 21.9. The van der Waals surface area contributed by atoms with Crippen LogP contribution in [-0.4, -0.2) is 41.6 Å². The van der Waals surface area contributed by atoms with Crippen LogP contribution in [0.3, 0.4) is 0 Å². The molecular formula is C7H16ClN3O3S. The predicted molar refractivity (Wildman–Crippen MR) is 61.2 cm³/mol. The molecule has 0 aliphatic carbocycles. The molecule has 0 aromatic rings. The average molecular weight is 258 g/mol. The van der Waals surface area contributed by atoms with Gasteiger partial charge in [-0.05, 0) is 18.4 Å². The molecule has 0 aliphatic heterocycles. The highest BCUT2D eigenvalue weighted by Crippen LogP contribution is 2.00. The van der Waals surface area contributed by atoms with Crippen molar-refractivity contribution in [2.45, 2.75) is 12.5 Å². The first-order chi connectivity index (χ1) is 6.65. The zero-order valence-corrected chi connectivity index (χ0v) is 9.99. The molecule has 0 saturated carbocycles. The summed E-state index contributed by atoms with van der Waals surface area (Å²) in [6.45, 7) is -0.172. The molecule has 8 heteroatoms. The van der Waals surface area contributed by atoms with Gasteiger partial charge < -0.3 is 11.1 Å². The first kappa shape index (κ1) is 16.9. The molecule has 2 amide bonds. The third kappa shape index (κ3) is 7.43. The van der Waals surface area contributed by atoms with Gasteiger partial charge in [0.25, 0.3) is 5.91 Å². The van der Waals surface area contributed by atoms with Crippen molar-refractivity contribution < 1.29 is 14.8 Å². The molecule has 0 rings (SSSR count). The summed E-state index contributed by atoms with van der Waals surface area (Å²) in [6.07, 6.45) is 2.35. The minimum Gasteiger partial charge on any atom is -0.343 e. The Bertz CT molecular complexity index is 206. The molecule has 0 spiro atoms. The summed E-state index contributed by atoms with van der Waals surface area (Å²) >= 11 is 1.55. The van der Waals surface area contributed by atoms with Crippen molar-refractivity contribution in [1.82, 2.24) is 10.8 Å². The van der Waals surface area contributed by atoms with Crippen molar-refractivity contribution in [3.8, 4) is 0 Å². The molecule has 0 bridgehead atoms. The molecule has 1 atom stereocenters. The smallest absolute Gasteiger partial charge is 0.265 e. The lowest BCUT2D eigenvalue weighted by molar-refractivity contribution is -0.134. The Labute approximate surface area is 98.7 Å². The third-order valence-corrected chi connectivity index (χ3v) is 2.20. The first-order valence-electron chi connectivity index (χ1n) is 4.08. The van der Waals surface area contributed by atoms with E-state index < -0.39 is 17.9 Å². The molecule has 5 N–H and O–H groups in total. The van der Waals surface area contributed by atoms with Crippen LogP contribution in [0.4, 0.5) is 0 Å². The maximum absolute atomic E-state index is 11.0. The number of thioether (sulfide) groups is 1. The summed E-state index contributed by atoms with van der Waals surface area (Å²) < 4.78 is 0. The highest BCUT2D eigenvalue weighted by Gasteiger charge is 2.18. The lowest BCUT2D eigenvalue weighted by atomic mass is 10.2. The quantitative estimate of drug-likeness (QED) is 0.365. The maximum atomic E-state index is 11.0. The third-order valence-electron chi connectivity index (χ3n) is 1.56. The minimum absolute atomic E-state index is 0. The molecule has 15 heavy (non-hydrogen) atoms. The number of rotatable bonds is 6. The molecule has 0 fully saturated rings. The standard InChI is InChI=1S/C7H15N3O3S.ClH/c1-14-3-2-5(7(12)10-13)9-6(11)4-8;/h5,13H,2-4,8H2,1H3,(H,9,11)(H,10,12);1H. The fourth-order valence-electron chi connectivity index (χ4n) is 0.836. The lowest BCUT2D eigenvalue weighted by Crippen LogP contribution is -2.48. The summed E-state index contributed by atoms with van der Waals surface area (Å²) in [5.41, 5.74) is 6.58. The highest BCUT2D eigenvalue weighted by atomic mass is 35.5. The van der Waals surface area contributed by atoms with Gasteiger partial charge >= 0.3 is 0 Å². The Morgan fingerprint density at radius 2 is 2.13 bits per heavy atom. The molecule has 0 aromatic carbocycles. The number of hydrogen-bond acceptors (Lipinski definition) is 5. The highest BCUT2D eigenvalue weighted by molar-refractivity contribution is 7.98. The number of amides is 2. The van der Waals surface area contributed by atoms with Crippen molar-refractivity contribution in [3.05, 3.63) is 0 Å². The fraction of sp³-hybridized carbons (Fsp3) is 0.714.